The van der Waals surface area contributed by atoms with Crippen LogP contribution in [0.2, 0.25) is 1.41 Å². The number of hydrogen-bond acceptors (Lipinski definition) is 7. The Morgan fingerprint density at radius 1 is 0.930 bits per heavy atom. The zero-order valence-electron chi connectivity index (χ0n) is 26.5. The van der Waals surface area contributed by atoms with Crippen LogP contribution in [0.15, 0.2) is 60.7 Å². The summed E-state index contributed by atoms with van der Waals surface area (Å²) < 4.78 is 18.7. The summed E-state index contributed by atoms with van der Waals surface area (Å²) in [5.41, 5.74) is 2.79. The molecule has 0 saturated heterocycles. The number of ether oxygens (including phenoxy) is 2. The first-order valence-electron chi connectivity index (χ1n) is 14.9. The molecule has 0 aliphatic heterocycles. The molecule has 0 aromatic heterocycles. The first-order valence-corrected chi connectivity index (χ1v) is 14.5. The maximum atomic E-state index is 13.2. The predicted molar refractivity (Wildman–Crippen MR) is 163 cm³/mol. The Balaban J connectivity index is 1.96. The van der Waals surface area contributed by atoms with E-state index in [1.54, 1.807) is 26.8 Å². The van der Waals surface area contributed by atoms with Crippen LogP contribution in [0.25, 0.3) is 6.08 Å². The fourth-order valence-electron chi connectivity index (χ4n) is 3.92. The molecule has 0 fully saturated rings. The van der Waals surface area contributed by atoms with Gasteiger partial charge in [0.25, 0.3) is 0 Å². The minimum absolute atomic E-state index is 0.0533. The molecule has 2 aromatic carbocycles. The maximum absolute atomic E-state index is 13.2. The van der Waals surface area contributed by atoms with Crippen molar-refractivity contribution < 1.29 is 34.9 Å². The monoisotopic (exact) mass is 594 g/mol. The molecule has 10 heteroatoms. The highest BCUT2D eigenvalue weighted by Crippen LogP contribution is 2.15. The summed E-state index contributed by atoms with van der Waals surface area (Å²) in [6, 6.07) is 14.4. The third kappa shape index (κ3) is 12.9. The molecule has 0 aliphatic carbocycles. The van der Waals surface area contributed by atoms with Crippen molar-refractivity contribution in [2.75, 3.05) is 13.2 Å². The smallest absolute Gasteiger partial charge is 0.328 e. The maximum Gasteiger partial charge on any atom is 0.328 e. The number of carbonyl (C=O) groups excluding carboxylic acids is 5. The Kier molecular flexibility index (Phi) is 13.9. The molecular formula is C33H43N3O7. The van der Waals surface area contributed by atoms with Gasteiger partial charge in [0.05, 0.1) is 13.2 Å². The molecule has 232 valence electrons. The molecule has 43 heavy (non-hydrogen) atoms. The highest BCUT2D eigenvalue weighted by molar-refractivity contribution is 5.95. The van der Waals surface area contributed by atoms with Crippen molar-refractivity contribution in [3.8, 4) is 0 Å². The topological polar surface area (TPSA) is 140 Å². The lowest BCUT2D eigenvalue weighted by atomic mass is 10.0. The van der Waals surface area contributed by atoms with Crippen LogP contribution in [-0.4, -0.2) is 54.9 Å². The molecule has 2 aromatic rings. The van der Waals surface area contributed by atoms with Crippen LogP contribution in [0, 0.1) is 5.92 Å². The minimum Gasteiger partial charge on any atom is -0.464 e. The van der Waals surface area contributed by atoms with Crippen LogP contribution in [0.5, 0.6) is 0 Å². The van der Waals surface area contributed by atoms with Gasteiger partial charge in [-0.15, -0.1) is 0 Å². The Labute approximate surface area is 255 Å². The molecule has 0 saturated carbocycles. The molecule has 10 nitrogen and oxygen atoms in total. The molecule has 0 aliphatic rings. The number of nitrogens with one attached hydrogen (secondary N) is 3. The highest BCUT2D eigenvalue weighted by atomic mass is 16.5. The van der Waals surface area contributed by atoms with Gasteiger partial charge in [0, 0.05) is 12.5 Å². The zero-order valence-corrected chi connectivity index (χ0v) is 25.5. The van der Waals surface area contributed by atoms with E-state index in [4.69, 9.17) is 10.9 Å². The zero-order chi connectivity index (χ0) is 32.6. The molecule has 3 amide bonds. The van der Waals surface area contributed by atoms with Gasteiger partial charge in [0.1, 0.15) is 18.7 Å². The van der Waals surface area contributed by atoms with Crippen LogP contribution >= 0.6 is 0 Å². The number of amides is 3. The van der Waals surface area contributed by atoms with Gasteiger partial charge in [0.2, 0.25) is 17.7 Å². The van der Waals surface area contributed by atoms with E-state index in [0.29, 0.717) is 11.2 Å². The van der Waals surface area contributed by atoms with Crippen LogP contribution in [-0.2, 0) is 40.1 Å². The molecule has 0 unspecified atom stereocenters. The van der Waals surface area contributed by atoms with Crippen molar-refractivity contribution in [3.05, 3.63) is 77.4 Å². The average molecular weight is 595 g/mol. The predicted octanol–water partition coefficient (Wildman–Crippen LogP) is 3.65. The van der Waals surface area contributed by atoms with E-state index in [1.165, 1.54) is 11.6 Å². The first-order chi connectivity index (χ1) is 20.9. The Hall–Kier alpha value is -4.47. The average Bonchev–Trinajstić information content (AvgIpc) is 3.00. The van der Waals surface area contributed by atoms with Crippen molar-refractivity contribution in [1.82, 2.24) is 15.9 Å². The number of rotatable bonds is 16. The third-order valence-corrected chi connectivity index (χ3v) is 6.39. The van der Waals surface area contributed by atoms with E-state index >= 15 is 0 Å². The van der Waals surface area contributed by atoms with Crippen LogP contribution in [0.1, 0.15) is 70.1 Å². The van der Waals surface area contributed by atoms with Gasteiger partial charge in [-0.1, -0.05) is 82.3 Å². The summed E-state index contributed by atoms with van der Waals surface area (Å²) in [6.45, 7) is 8.68. The van der Waals surface area contributed by atoms with Crippen LogP contribution < -0.4 is 15.9 Å². The molecular weight excluding hydrogens is 550 g/mol. The van der Waals surface area contributed by atoms with Gasteiger partial charge in [-0.25, -0.2) is 4.79 Å². The highest BCUT2D eigenvalue weighted by Gasteiger charge is 2.30. The van der Waals surface area contributed by atoms with Crippen molar-refractivity contribution >= 4 is 35.7 Å². The Morgan fingerprint density at radius 3 is 2.21 bits per heavy atom. The SMILES string of the molecule is [2H]N(C(=O)CNC(=O)/C=C/c1ccc(C(C)C)cc1)[C@H](C(=O)N[C@@H](CCC(=O)OCc1ccccc1)C(=O)OCC)C(C)C. The number of hydrogen-bond donors (Lipinski definition) is 3. The van der Waals surface area contributed by atoms with E-state index in [2.05, 4.69) is 24.5 Å². The third-order valence-electron chi connectivity index (χ3n) is 6.39. The lowest BCUT2D eigenvalue weighted by Crippen LogP contribution is -2.55. The normalized spacial score (nSPS) is 12.8. The second kappa shape index (κ2) is 18.1. The number of carbonyl (C=O) groups is 5. The quantitative estimate of drug-likeness (QED) is 0.199. The van der Waals surface area contributed by atoms with Crippen molar-refractivity contribution in [1.29, 1.82) is 0 Å². The summed E-state index contributed by atoms with van der Waals surface area (Å²) in [7, 11) is 0. The molecule has 2 rings (SSSR count). The number of esters is 2. The number of benzene rings is 2. The van der Waals surface area contributed by atoms with Gasteiger partial charge in [0.15, 0.2) is 1.41 Å². The summed E-state index contributed by atoms with van der Waals surface area (Å²) in [5, 5.41) is 5.45. The molecule has 0 radical (unpaired) electrons. The van der Waals surface area contributed by atoms with Crippen molar-refractivity contribution in [3.63, 3.8) is 0 Å². The Morgan fingerprint density at radius 2 is 1.60 bits per heavy atom. The van der Waals surface area contributed by atoms with E-state index in [9.17, 15) is 24.0 Å². The minimum atomic E-state index is -1.28. The fourth-order valence-corrected chi connectivity index (χ4v) is 3.92. The van der Waals surface area contributed by atoms with Gasteiger partial charge in [-0.3, -0.25) is 19.2 Å². The molecule has 3 N–H and O–H groups in total. The molecule has 2 atom stereocenters. The fraction of sp³-hybridized carbons (Fsp3) is 0.424. The van der Waals surface area contributed by atoms with E-state index in [-0.39, 0.29) is 26.1 Å². The standard InChI is InChI=1S/C33H43N3O7/c1-6-42-33(41)27(17-19-30(39)43-21-25-10-8-7-9-11-25)35-32(40)31(23(4)5)36-29(38)20-34-28(37)18-14-24-12-15-26(16-13-24)22(2)3/h7-16,18,22-23,27,31H,6,17,19-21H2,1-5H3,(H,34,37)(H,35,40)(H,36,38)/b18-14+/t27-,31-/m0/s1/i/hD. The summed E-state index contributed by atoms with van der Waals surface area (Å²) >= 11 is 0. The lowest BCUT2D eigenvalue weighted by molar-refractivity contribution is -0.149. The summed E-state index contributed by atoms with van der Waals surface area (Å²) in [5.74, 6) is -3.56. The van der Waals surface area contributed by atoms with Gasteiger partial charge in [-0.05, 0) is 47.9 Å². The summed E-state index contributed by atoms with van der Waals surface area (Å²) in [6.07, 6.45) is 2.62. The molecule has 0 heterocycles. The second-order valence-corrected chi connectivity index (χ2v) is 10.6. The lowest BCUT2D eigenvalue weighted by Gasteiger charge is -2.24. The van der Waals surface area contributed by atoms with Crippen molar-refractivity contribution in [2.45, 2.75) is 72.1 Å². The Bertz CT molecular complexity index is 1280. The molecule has 0 bridgehead atoms. The largest absolute Gasteiger partial charge is 0.464 e. The van der Waals surface area contributed by atoms with E-state index in [1.807, 2.05) is 54.6 Å². The second-order valence-electron chi connectivity index (χ2n) is 10.6. The van der Waals surface area contributed by atoms with Crippen LogP contribution in [0.4, 0.5) is 0 Å². The van der Waals surface area contributed by atoms with Gasteiger partial charge < -0.3 is 25.4 Å². The van der Waals surface area contributed by atoms with Gasteiger partial charge in [-0.2, -0.15) is 0 Å². The van der Waals surface area contributed by atoms with E-state index in [0.717, 1.165) is 11.1 Å². The first kappa shape index (κ1) is 33.0. The summed E-state index contributed by atoms with van der Waals surface area (Å²) in [4.78, 5) is 63.2. The molecule has 0 spiro atoms. The van der Waals surface area contributed by atoms with Gasteiger partial charge >= 0.3 is 11.9 Å². The van der Waals surface area contributed by atoms with Crippen molar-refractivity contribution in [2.24, 2.45) is 5.92 Å². The van der Waals surface area contributed by atoms with Crippen LogP contribution in [0.3, 0.4) is 0 Å². The van der Waals surface area contributed by atoms with E-state index < -0.39 is 54.2 Å².